The van der Waals surface area contributed by atoms with E-state index in [9.17, 15) is 0 Å². The van der Waals surface area contributed by atoms with Crippen molar-refractivity contribution in [3.05, 3.63) is 24.3 Å². The molecule has 5 heteroatoms. The maximum absolute atomic E-state index is 5.48. The van der Waals surface area contributed by atoms with Gasteiger partial charge in [0.05, 0.1) is 12.8 Å². The minimum atomic E-state index is 0.400. The standard InChI is InChI=1S/C18H28N4O/c1-18(2)11-16(18)21-17(19-3)20-13-9-10-22(12-13)14-7-5-6-8-15(14)23-4/h5-8,13,16H,9-12H2,1-4H3,(H2,19,20,21). The molecule has 2 unspecified atom stereocenters. The molecular formula is C18H28N4O. The molecule has 1 aliphatic heterocycles. The van der Waals surface area contributed by atoms with Crippen LogP contribution in [0.25, 0.3) is 0 Å². The van der Waals surface area contributed by atoms with E-state index in [-0.39, 0.29) is 0 Å². The van der Waals surface area contributed by atoms with Crippen LogP contribution in [-0.4, -0.2) is 45.3 Å². The number of nitrogens with one attached hydrogen (secondary N) is 2. The van der Waals surface area contributed by atoms with Crippen LogP contribution in [-0.2, 0) is 0 Å². The smallest absolute Gasteiger partial charge is 0.191 e. The van der Waals surface area contributed by atoms with Gasteiger partial charge in [0.2, 0.25) is 0 Å². The normalized spacial score (nSPS) is 26.1. The van der Waals surface area contributed by atoms with E-state index in [0.29, 0.717) is 17.5 Å². The fraction of sp³-hybridized carbons (Fsp3) is 0.611. The number of anilines is 1. The summed E-state index contributed by atoms with van der Waals surface area (Å²) in [6.07, 6.45) is 2.32. The van der Waals surface area contributed by atoms with Crippen molar-refractivity contribution in [2.24, 2.45) is 10.4 Å². The first-order valence-corrected chi connectivity index (χ1v) is 8.41. The van der Waals surface area contributed by atoms with Gasteiger partial charge >= 0.3 is 0 Å². The molecule has 3 rings (SSSR count). The molecule has 5 nitrogen and oxygen atoms in total. The van der Waals surface area contributed by atoms with E-state index in [4.69, 9.17) is 4.74 Å². The molecule has 23 heavy (non-hydrogen) atoms. The molecule has 2 aliphatic rings. The lowest BCUT2D eigenvalue weighted by atomic mass is 10.2. The van der Waals surface area contributed by atoms with E-state index in [0.717, 1.165) is 31.2 Å². The summed E-state index contributed by atoms with van der Waals surface area (Å²) in [5, 5.41) is 7.10. The third-order valence-electron chi connectivity index (χ3n) is 5.00. The molecule has 2 atom stereocenters. The summed E-state index contributed by atoms with van der Waals surface area (Å²) < 4.78 is 5.48. The minimum Gasteiger partial charge on any atom is -0.495 e. The monoisotopic (exact) mass is 316 g/mol. The van der Waals surface area contributed by atoms with E-state index in [2.05, 4.69) is 46.5 Å². The Bertz CT molecular complexity index is 584. The molecule has 0 spiro atoms. The van der Waals surface area contributed by atoms with Crippen LogP contribution in [0, 0.1) is 5.41 Å². The highest BCUT2D eigenvalue weighted by atomic mass is 16.5. The highest BCUT2D eigenvalue weighted by Gasteiger charge is 2.46. The lowest BCUT2D eigenvalue weighted by Crippen LogP contribution is -2.46. The molecule has 0 amide bonds. The maximum atomic E-state index is 5.48. The number of para-hydroxylation sites is 2. The van der Waals surface area contributed by atoms with Crippen molar-refractivity contribution in [3.8, 4) is 5.75 Å². The van der Waals surface area contributed by atoms with Crippen LogP contribution >= 0.6 is 0 Å². The van der Waals surface area contributed by atoms with Crippen molar-refractivity contribution in [2.75, 3.05) is 32.1 Å². The molecular weight excluding hydrogens is 288 g/mol. The minimum absolute atomic E-state index is 0.400. The van der Waals surface area contributed by atoms with E-state index >= 15 is 0 Å². The first kappa shape index (κ1) is 16.0. The molecule has 2 N–H and O–H groups in total. The fourth-order valence-electron chi connectivity index (χ4n) is 3.23. The largest absolute Gasteiger partial charge is 0.495 e. The van der Waals surface area contributed by atoms with Crippen molar-refractivity contribution in [2.45, 2.75) is 38.8 Å². The summed E-state index contributed by atoms with van der Waals surface area (Å²) in [4.78, 5) is 6.76. The predicted octanol–water partition coefficient (Wildman–Crippen LogP) is 2.24. The van der Waals surface area contributed by atoms with E-state index in [1.54, 1.807) is 7.11 Å². The van der Waals surface area contributed by atoms with Crippen LogP contribution < -0.4 is 20.3 Å². The second kappa shape index (κ2) is 6.30. The molecule has 0 aromatic heterocycles. The average Bonchev–Trinajstić information content (AvgIpc) is 2.95. The van der Waals surface area contributed by atoms with Gasteiger partial charge in [-0.3, -0.25) is 4.99 Å². The summed E-state index contributed by atoms with van der Waals surface area (Å²) in [5.41, 5.74) is 1.57. The highest BCUT2D eigenvalue weighted by Crippen LogP contribution is 2.44. The van der Waals surface area contributed by atoms with Crippen LogP contribution in [0.15, 0.2) is 29.3 Å². The SMILES string of the molecule is CN=C(NC1CCN(c2ccccc2OC)C1)NC1CC1(C)C. The lowest BCUT2D eigenvalue weighted by Gasteiger charge is -2.22. The Kier molecular flexibility index (Phi) is 4.37. The molecule has 0 bridgehead atoms. The fourth-order valence-corrected chi connectivity index (χ4v) is 3.23. The maximum Gasteiger partial charge on any atom is 0.191 e. The van der Waals surface area contributed by atoms with Crippen molar-refractivity contribution < 1.29 is 4.74 Å². The van der Waals surface area contributed by atoms with Crippen LogP contribution in [0.4, 0.5) is 5.69 Å². The zero-order chi connectivity index (χ0) is 16.4. The zero-order valence-electron chi connectivity index (χ0n) is 14.6. The average molecular weight is 316 g/mol. The van der Waals surface area contributed by atoms with Gasteiger partial charge in [-0.25, -0.2) is 0 Å². The summed E-state index contributed by atoms with van der Waals surface area (Å²) in [6.45, 7) is 6.58. The highest BCUT2D eigenvalue weighted by molar-refractivity contribution is 5.81. The van der Waals surface area contributed by atoms with Gasteiger partial charge < -0.3 is 20.3 Å². The molecule has 1 heterocycles. The Hall–Kier alpha value is -1.91. The summed E-state index contributed by atoms with van der Waals surface area (Å²) >= 11 is 0. The van der Waals surface area contributed by atoms with Gasteiger partial charge in [0.25, 0.3) is 0 Å². The first-order chi connectivity index (χ1) is 11.0. The number of benzene rings is 1. The molecule has 1 saturated carbocycles. The third-order valence-corrected chi connectivity index (χ3v) is 5.00. The Balaban J connectivity index is 1.57. The number of methoxy groups -OCH3 is 1. The van der Waals surface area contributed by atoms with E-state index < -0.39 is 0 Å². The Morgan fingerprint density at radius 3 is 2.70 bits per heavy atom. The first-order valence-electron chi connectivity index (χ1n) is 8.41. The molecule has 2 fully saturated rings. The molecule has 1 saturated heterocycles. The predicted molar refractivity (Wildman–Crippen MR) is 95.4 cm³/mol. The number of rotatable bonds is 4. The summed E-state index contributed by atoms with van der Waals surface area (Å²) in [7, 11) is 3.57. The number of nitrogens with zero attached hydrogens (tertiary/aromatic N) is 2. The van der Waals surface area contributed by atoms with Crippen molar-refractivity contribution in [1.82, 2.24) is 10.6 Å². The van der Waals surface area contributed by atoms with E-state index in [1.807, 2.05) is 19.2 Å². The van der Waals surface area contributed by atoms with Gasteiger partial charge in [0, 0.05) is 32.2 Å². The number of guanidine groups is 1. The quantitative estimate of drug-likeness (QED) is 0.661. The molecule has 0 radical (unpaired) electrons. The summed E-state index contributed by atoms with van der Waals surface area (Å²) in [6, 6.07) is 9.17. The Morgan fingerprint density at radius 1 is 1.30 bits per heavy atom. The van der Waals surface area contributed by atoms with Crippen LogP contribution in [0.2, 0.25) is 0 Å². The van der Waals surface area contributed by atoms with Gasteiger partial charge in [-0.2, -0.15) is 0 Å². The lowest BCUT2D eigenvalue weighted by molar-refractivity contribution is 0.415. The summed E-state index contributed by atoms with van der Waals surface area (Å²) in [5.74, 6) is 1.86. The van der Waals surface area contributed by atoms with Gasteiger partial charge in [0.1, 0.15) is 5.75 Å². The third kappa shape index (κ3) is 3.54. The number of hydrogen-bond donors (Lipinski definition) is 2. The molecule has 1 aliphatic carbocycles. The van der Waals surface area contributed by atoms with Crippen LogP contribution in [0.1, 0.15) is 26.7 Å². The molecule has 1 aromatic carbocycles. The number of hydrogen-bond acceptors (Lipinski definition) is 3. The Labute approximate surface area is 139 Å². The second-order valence-electron chi connectivity index (χ2n) is 7.21. The van der Waals surface area contributed by atoms with Gasteiger partial charge in [-0.15, -0.1) is 0 Å². The number of ether oxygens (including phenoxy) is 1. The van der Waals surface area contributed by atoms with Gasteiger partial charge in [-0.1, -0.05) is 26.0 Å². The van der Waals surface area contributed by atoms with Crippen molar-refractivity contribution in [1.29, 1.82) is 0 Å². The molecule has 1 aromatic rings. The molecule has 126 valence electrons. The van der Waals surface area contributed by atoms with Crippen LogP contribution in [0.5, 0.6) is 5.75 Å². The van der Waals surface area contributed by atoms with Crippen molar-refractivity contribution >= 4 is 11.6 Å². The van der Waals surface area contributed by atoms with Gasteiger partial charge in [-0.05, 0) is 30.4 Å². The zero-order valence-corrected chi connectivity index (χ0v) is 14.6. The Morgan fingerprint density at radius 2 is 2.04 bits per heavy atom. The van der Waals surface area contributed by atoms with Gasteiger partial charge in [0.15, 0.2) is 5.96 Å². The van der Waals surface area contributed by atoms with E-state index in [1.165, 1.54) is 12.1 Å². The number of aliphatic imine (C=N–C) groups is 1. The topological polar surface area (TPSA) is 48.9 Å². The van der Waals surface area contributed by atoms with Crippen molar-refractivity contribution in [3.63, 3.8) is 0 Å². The second-order valence-corrected chi connectivity index (χ2v) is 7.21. The van der Waals surface area contributed by atoms with Crippen LogP contribution in [0.3, 0.4) is 0 Å².